The third-order valence-corrected chi connectivity index (χ3v) is 2.74. The Labute approximate surface area is 105 Å². The molecular weight excluding hydrogens is 240 g/mol. The molecular formula is C12H16O6. The summed E-state index contributed by atoms with van der Waals surface area (Å²) in [6.07, 6.45) is -1.24. The molecule has 0 aromatic rings. The maximum absolute atomic E-state index is 12.0. The van der Waals surface area contributed by atoms with Crippen LogP contribution in [-0.2, 0) is 28.5 Å². The zero-order valence-electron chi connectivity index (χ0n) is 10.4. The van der Waals surface area contributed by atoms with Gasteiger partial charge in [0.2, 0.25) is 11.9 Å². The van der Waals surface area contributed by atoms with Crippen molar-refractivity contribution in [1.82, 2.24) is 0 Å². The summed E-state index contributed by atoms with van der Waals surface area (Å²) in [5.41, 5.74) is 0. The SMILES string of the molecule is C=CCOC1C(=O)O[C@H]([C@@H]2COC(C)(C)O2)C1=O. The fraction of sp³-hybridized carbons (Fsp3) is 0.667. The predicted molar refractivity (Wildman–Crippen MR) is 59.7 cm³/mol. The quantitative estimate of drug-likeness (QED) is 0.406. The van der Waals surface area contributed by atoms with Gasteiger partial charge < -0.3 is 18.9 Å². The molecule has 2 rings (SSSR count). The number of cyclic esters (lactones) is 1. The van der Waals surface area contributed by atoms with E-state index in [-0.39, 0.29) is 13.2 Å². The number of rotatable bonds is 4. The van der Waals surface area contributed by atoms with E-state index in [2.05, 4.69) is 6.58 Å². The molecule has 1 unspecified atom stereocenters. The molecule has 0 aliphatic carbocycles. The average molecular weight is 256 g/mol. The first-order valence-electron chi connectivity index (χ1n) is 5.73. The van der Waals surface area contributed by atoms with Crippen LogP contribution in [0.4, 0.5) is 0 Å². The lowest BCUT2D eigenvalue weighted by molar-refractivity contribution is -0.165. The molecule has 0 bridgehead atoms. The number of hydrogen-bond acceptors (Lipinski definition) is 6. The van der Waals surface area contributed by atoms with Crippen LogP contribution in [0.2, 0.25) is 0 Å². The summed E-state index contributed by atoms with van der Waals surface area (Å²) < 4.78 is 20.9. The van der Waals surface area contributed by atoms with Crippen molar-refractivity contribution in [3.8, 4) is 0 Å². The Bertz CT molecular complexity index is 375. The van der Waals surface area contributed by atoms with Crippen molar-refractivity contribution < 1.29 is 28.5 Å². The van der Waals surface area contributed by atoms with E-state index in [4.69, 9.17) is 18.9 Å². The third kappa shape index (κ3) is 2.45. The minimum atomic E-state index is -1.18. The van der Waals surface area contributed by atoms with Gasteiger partial charge in [0, 0.05) is 0 Å². The van der Waals surface area contributed by atoms with Gasteiger partial charge in [0.25, 0.3) is 0 Å². The number of Topliss-reactive ketones (excluding diaryl/α,β-unsaturated/α-hetero) is 1. The van der Waals surface area contributed by atoms with Crippen LogP contribution in [0.15, 0.2) is 12.7 Å². The molecule has 0 spiro atoms. The second-order valence-corrected chi connectivity index (χ2v) is 4.63. The number of carbonyl (C=O) groups is 2. The first kappa shape index (κ1) is 13.2. The lowest BCUT2D eigenvalue weighted by atomic mass is 10.1. The first-order valence-corrected chi connectivity index (χ1v) is 5.73. The molecule has 6 nitrogen and oxygen atoms in total. The fourth-order valence-corrected chi connectivity index (χ4v) is 1.95. The van der Waals surface area contributed by atoms with Crippen molar-refractivity contribution in [2.24, 2.45) is 0 Å². The maximum Gasteiger partial charge on any atom is 0.344 e. The molecule has 0 radical (unpaired) electrons. The second kappa shape index (κ2) is 4.79. The Morgan fingerprint density at radius 1 is 1.50 bits per heavy atom. The van der Waals surface area contributed by atoms with Gasteiger partial charge in [0.15, 0.2) is 11.9 Å². The Morgan fingerprint density at radius 2 is 2.22 bits per heavy atom. The van der Waals surface area contributed by atoms with E-state index in [1.165, 1.54) is 6.08 Å². The van der Waals surface area contributed by atoms with Crippen molar-refractivity contribution in [1.29, 1.82) is 0 Å². The van der Waals surface area contributed by atoms with E-state index in [0.29, 0.717) is 0 Å². The van der Waals surface area contributed by atoms with Crippen LogP contribution < -0.4 is 0 Å². The summed E-state index contributed by atoms with van der Waals surface area (Å²) in [5, 5.41) is 0. The van der Waals surface area contributed by atoms with Gasteiger partial charge in [-0.2, -0.15) is 0 Å². The van der Waals surface area contributed by atoms with Gasteiger partial charge in [-0.25, -0.2) is 4.79 Å². The van der Waals surface area contributed by atoms with Gasteiger partial charge >= 0.3 is 5.97 Å². The smallest absolute Gasteiger partial charge is 0.344 e. The van der Waals surface area contributed by atoms with Crippen LogP contribution in [0.5, 0.6) is 0 Å². The fourth-order valence-electron chi connectivity index (χ4n) is 1.95. The van der Waals surface area contributed by atoms with Gasteiger partial charge in [-0.05, 0) is 13.8 Å². The van der Waals surface area contributed by atoms with Gasteiger partial charge in [0.1, 0.15) is 6.10 Å². The molecule has 2 aliphatic heterocycles. The lowest BCUT2D eigenvalue weighted by Crippen LogP contribution is -2.38. The lowest BCUT2D eigenvalue weighted by Gasteiger charge is -2.19. The van der Waals surface area contributed by atoms with E-state index in [0.717, 1.165) is 0 Å². The summed E-state index contributed by atoms with van der Waals surface area (Å²) in [6, 6.07) is 0. The van der Waals surface area contributed by atoms with Gasteiger partial charge in [-0.1, -0.05) is 6.08 Å². The van der Waals surface area contributed by atoms with Gasteiger partial charge in [0.05, 0.1) is 13.2 Å². The molecule has 2 saturated heterocycles. The van der Waals surface area contributed by atoms with Crippen molar-refractivity contribution in [2.45, 2.75) is 37.9 Å². The highest BCUT2D eigenvalue weighted by atomic mass is 16.8. The zero-order valence-corrected chi connectivity index (χ0v) is 10.4. The second-order valence-electron chi connectivity index (χ2n) is 4.63. The third-order valence-electron chi connectivity index (χ3n) is 2.74. The number of esters is 1. The molecule has 18 heavy (non-hydrogen) atoms. The van der Waals surface area contributed by atoms with Gasteiger partial charge in [-0.15, -0.1) is 6.58 Å². The van der Waals surface area contributed by atoms with Crippen molar-refractivity contribution in [3.05, 3.63) is 12.7 Å². The molecule has 0 aromatic heterocycles. The molecule has 6 heteroatoms. The van der Waals surface area contributed by atoms with E-state index in [1.54, 1.807) is 13.8 Å². The summed E-state index contributed by atoms with van der Waals surface area (Å²) in [5.74, 6) is -1.87. The van der Waals surface area contributed by atoms with Crippen LogP contribution in [0.3, 0.4) is 0 Å². The Hall–Kier alpha value is -1.24. The highest BCUT2D eigenvalue weighted by Crippen LogP contribution is 2.29. The molecule has 3 atom stereocenters. The summed E-state index contributed by atoms with van der Waals surface area (Å²) in [6.45, 7) is 7.26. The van der Waals surface area contributed by atoms with Crippen LogP contribution in [0, 0.1) is 0 Å². The van der Waals surface area contributed by atoms with Gasteiger partial charge in [-0.3, -0.25) is 4.79 Å². The average Bonchev–Trinajstić information content (AvgIpc) is 2.78. The number of hydrogen-bond donors (Lipinski definition) is 0. The Morgan fingerprint density at radius 3 is 2.78 bits per heavy atom. The first-order chi connectivity index (χ1) is 8.44. The van der Waals surface area contributed by atoms with E-state index >= 15 is 0 Å². The molecule has 0 aromatic carbocycles. The summed E-state index contributed by atoms with van der Waals surface area (Å²) in [4.78, 5) is 23.5. The van der Waals surface area contributed by atoms with Crippen molar-refractivity contribution >= 4 is 11.8 Å². The van der Waals surface area contributed by atoms with Crippen molar-refractivity contribution in [2.75, 3.05) is 13.2 Å². The number of ether oxygens (including phenoxy) is 4. The van der Waals surface area contributed by atoms with Crippen LogP contribution in [0.1, 0.15) is 13.8 Å². The Balaban J connectivity index is 2.02. The maximum atomic E-state index is 12.0. The molecule has 2 heterocycles. The molecule has 2 aliphatic rings. The van der Waals surface area contributed by atoms with Crippen LogP contribution in [0.25, 0.3) is 0 Å². The summed E-state index contributed by atoms with van der Waals surface area (Å²) in [7, 11) is 0. The number of carbonyl (C=O) groups excluding carboxylic acids is 2. The molecule has 0 saturated carbocycles. The van der Waals surface area contributed by atoms with E-state index in [9.17, 15) is 9.59 Å². The molecule has 0 amide bonds. The zero-order chi connectivity index (χ0) is 13.3. The molecule has 100 valence electrons. The van der Waals surface area contributed by atoms with E-state index in [1.807, 2.05) is 0 Å². The van der Waals surface area contributed by atoms with Crippen LogP contribution in [-0.4, -0.2) is 49.1 Å². The summed E-state index contributed by atoms with van der Waals surface area (Å²) >= 11 is 0. The minimum absolute atomic E-state index is 0.117. The standard InChI is InChI=1S/C12H16O6/c1-4-5-15-10-8(13)9(17-11(10)14)7-6-16-12(2,3)18-7/h4,7,9-10H,1,5-6H2,2-3H3/t7-,9+,10?/m0/s1. The number of ketones is 1. The predicted octanol–water partition coefficient (Wildman–Crippen LogP) is 0.204. The van der Waals surface area contributed by atoms with Crippen LogP contribution >= 0.6 is 0 Å². The van der Waals surface area contributed by atoms with Crippen molar-refractivity contribution in [3.63, 3.8) is 0 Å². The Kier molecular flexibility index (Phi) is 3.52. The largest absolute Gasteiger partial charge is 0.449 e. The topological polar surface area (TPSA) is 71.1 Å². The molecule has 2 fully saturated rings. The normalized spacial score (nSPS) is 34.7. The highest BCUT2D eigenvalue weighted by Gasteiger charge is 2.51. The monoisotopic (exact) mass is 256 g/mol. The molecule has 0 N–H and O–H groups in total. The highest BCUT2D eigenvalue weighted by molar-refractivity contribution is 6.09. The minimum Gasteiger partial charge on any atom is -0.449 e. The van der Waals surface area contributed by atoms with E-state index < -0.39 is 35.9 Å².